The van der Waals surface area contributed by atoms with E-state index in [1.54, 1.807) is 39.5 Å². The number of carbonyl (C=O) groups excluding carboxylic acids is 2. The normalized spacial score (nSPS) is 27.5. The molecule has 4 rings (SSSR count). The van der Waals surface area contributed by atoms with Gasteiger partial charge in [-0.25, -0.2) is 22.4 Å². The molecule has 2 fully saturated rings. The van der Waals surface area contributed by atoms with Crippen molar-refractivity contribution in [1.29, 1.82) is 0 Å². The lowest BCUT2D eigenvalue weighted by Gasteiger charge is -2.48. The highest BCUT2D eigenvalue weighted by atomic mass is 19.2. The van der Waals surface area contributed by atoms with Gasteiger partial charge in [0.15, 0.2) is 11.6 Å². The number of carbonyl (C=O) groups is 2. The summed E-state index contributed by atoms with van der Waals surface area (Å²) < 4.78 is 61.5. The molecule has 212 valence electrons. The highest BCUT2D eigenvalue weighted by Gasteiger charge is 2.50. The Bertz CT molecular complexity index is 1250. The van der Waals surface area contributed by atoms with Crippen molar-refractivity contribution in [2.75, 3.05) is 26.2 Å². The molecule has 1 N–H and O–H groups in total. The molecule has 0 saturated carbocycles. The lowest BCUT2D eigenvalue weighted by molar-refractivity contribution is -0.152. The maximum absolute atomic E-state index is 14.9. The van der Waals surface area contributed by atoms with Gasteiger partial charge < -0.3 is 19.6 Å². The summed E-state index contributed by atoms with van der Waals surface area (Å²) in [4.78, 5) is 29.7. The van der Waals surface area contributed by atoms with Crippen LogP contribution >= 0.6 is 0 Å². The van der Waals surface area contributed by atoms with Crippen molar-refractivity contribution in [1.82, 2.24) is 9.80 Å². The molecule has 0 bridgehead atoms. The van der Waals surface area contributed by atoms with Gasteiger partial charge in [-0.1, -0.05) is 26.0 Å². The average Bonchev–Trinajstić information content (AvgIpc) is 3.27. The van der Waals surface area contributed by atoms with E-state index in [1.807, 2.05) is 0 Å². The van der Waals surface area contributed by atoms with Gasteiger partial charge >= 0.3 is 6.09 Å². The van der Waals surface area contributed by atoms with Crippen molar-refractivity contribution in [2.45, 2.75) is 51.7 Å². The van der Waals surface area contributed by atoms with E-state index in [-0.39, 0.29) is 43.2 Å². The standard InChI is InChI=1S/C29H34F4N2O4/c1-16-12-34(13-17(2)29(16,38)18-6-9-23(31)25(33)10-18)26(36)22-15-35(27(37)39-28(3,4)5)14-21(22)20-8-7-19(30)11-24(20)32/h6-11,16-17,21-22,38H,12-15H2,1-5H3/t16-,17+,21-,22+,29+/m0/s1. The Hall–Kier alpha value is -3.14. The molecule has 2 aliphatic rings. The summed E-state index contributed by atoms with van der Waals surface area (Å²) in [5.41, 5.74) is -1.96. The molecule has 6 nitrogen and oxygen atoms in total. The van der Waals surface area contributed by atoms with Gasteiger partial charge in [-0.15, -0.1) is 0 Å². The highest BCUT2D eigenvalue weighted by Crippen LogP contribution is 2.43. The molecule has 0 radical (unpaired) electrons. The Kier molecular flexibility index (Phi) is 7.73. The number of aliphatic hydroxyl groups is 1. The summed E-state index contributed by atoms with van der Waals surface area (Å²) in [6, 6.07) is 6.43. The van der Waals surface area contributed by atoms with Crippen molar-refractivity contribution >= 4 is 12.0 Å². The number of amides is 2. The first-order valence-electron chi connectivity index (χ1n) is 13.0. The lowest BCUT2D eigenvalue weighted by atomic mass is 9.70. The second-order valence-corrected chi connectivity index (χ2v) is 11.8. The Morgan fingerprint density at radius 3 is 2.08 bits per heavy atom. The number of likely N-dealkylation sites (tertiary alicyclic amines) is 2. The maximum atomic E-state index is 14.9. The van der Waals surface area contributed by atoms with Gasteiger partial charge in [0.25, 0.3) is 0 Å². The third-order valence-electron chi connectivity index (χ3n) is 7.84. The number of hydrogen-bond donors (Lipinski definition) is 1. The zero-order chi connectivity index (χ0) is 28.9. The molecule has 2 aliphatic heterocycles. The van der Waals surface area contributed by atoms with Gasteiger partial charge in [0.2, 0.25) is 5.91 Å². The van der Waals surface area contributed by atoms with Gasteiger partial charge in [-0.3, -0.25) is 4.79 Å². The van der Waals surface area contributed by atoms with Crippen LogP contribution < -0.4 is 0 Å². The van der Waals surface area contributed by atoms with Crippen LogP contribution in [0.3, 0.4) is 0 Å². The Balaban J connectivity index is 1.61. The van der Waals surface area contributed by atoms with Crippen LogP contribution in [-0.4, -0.2) is 58.7 Å². The van der Waals surface area contributed by atoms with Crippen LogP contribution in [-0.2, 0) is 15.1 Å². The molecule has 0 aromatic heterocycles. The fourth-order valence-electron chi connectivity index (χ4n) is 5.88. The Morgan fingerprint density at radius 2 is 1.51 bits per heavy atom. The van der Waals surface area contributed by atoms with E-state index in [4.69, 9.17) is 4.74 Å². The van der Waals surface area contributed by atoms with E-state index in [0.29, 0.717) is 0 Å². The summed E-state index contributed by atoms with van der Waals surface area (Å²) in [6.07, 6.45) is -0.640. The van der Waals surface area contributed by atoms with Gasteiger partial charge in [0.05, 0.1) is 11.5 Å². The molecule has 39 heavy (non-hydrogen) atoms. The third kappa shape index (κ3) is 5.62. The van der Waals surface area contributed by atoms with Crippen LogP contribution in [0.5, 0.6) is 0 Å². The fraction of sp³-hybridized carbons (Fsp3) is 0.517. The maximum Gasteiger partial charge on any atom is 0.410 e. The van der Waals surface area contributed by atoms with Gasteiger partial charge in [-0.2, -0.15) is 0 Å². The number of benzene rings is 2. The average molecular weight is 551 g/mol. The number of nitrogens with zero attached hydrogens (tertiary/aromatic N) is 2. The van der Waals surface area contributed by atoms with Crippen molar-refractivity contribution in [2.24, 2.45) is 17.8 Å². The van der Waals surface area contributed by atoms with Crippen molar-refractivity contribution in [3.63, 3.8) is 0 Å². The monoisotopic (exact) mass is 550 g/mol. The number of hydrogen-bond acceptors (Lipinski definition) is 4. The fourth-order valence-corrected chi connectivity index (χ4v) is 5.88. The zero-order valence-electron chi connectivity index (χ0n) is 22.7. The number of piperidine rings is 1. The minimum Gasteiger partial charge on any atom is -0.444 e. The molecular weight excluding hydrogens is 516 g/mol. The zero-order valence-corrected chi connectivity index (χ0v) is 22.7. The Morgan fingerprint density at radius 1 is 0.872 bits per heavy atom. The van der Waals surface area contributed by atoms with Crippen LogP contribution in [0.4, 0.5) is 22.4 Å². The van der Waals surface area contributed by atoms with Crippen LogP contribution in [0, 0.1) is 41.0 Å². The summed E-state index contributed by atoms with van der Waals surface area (Å²) >= 11 is 0. The molecule has 0 spiro atoms. The van der Waals surface area contributed by atoms with E-state index in [0.717, 1.165) is 24.3 Å². The van der Waals surface area contributed by atoms with Crippen LogP contribution in [0.15, 0.2) is 36.4 Å². The first-order chi connectivity index (χ1) is 18.1. The minimum absolute atomic E-state index is 0.00557. The molecule has 0 aliphatic carbocycles. The molecule has 5 atom stereocenters. The summed E-state index contributed by atoms with van der Waals surface area (Å²) in [6.45, 7) is 8.75. The van der Waals surface area contributed by atoms with E-state index >= 15 is 0 Å². The molecule has 0 unspecified atom stereocenters. The number of halogens is 4. The Labute approximate surface area is 225 Å². The van der Waals surface area contributed by atoms with Crippen molar-refractivity contribution in [3.05, 3.63) is 70.8 Å². The summed E-state index contributed by atoms with van der Waals surface area (Å²) in [7, 11) is 0. The second kappa shape index (κ2) is 10.4. The van der Waals surface area contributed by atoms with Crippen LogP contribution in [0.1, 0.15) is 51.7 Å². The molecule has 2 heterocycles. The van der Waals surface area contributed by atoms with E-state index in [9.17, 15) is 32.3 Å². The van der Waals surface area contributed by atoms with E-state index in [1.165, 1.54) is 17.0 Å². The van der Waals surface area contributed by atoms with E-state index in [2.05, 4.69) is 0 Å². The van der Waals surface area contributed by atoms with Crippen LogP contribution in [0.2, 0.25) is 0 Å². The largest absolute Gasteiger partial charge is 0.444 e. The lowest BCUT2D eigenvalue weighted by Crippen LogP contribution is -2.57. The predicted molar refractivity (Wildman–Crippen MR) is 136 cm³/mol. The van der Waals surface area contributed by atoms with Gasteiger partial charge in [-0.05, 0) is 50.1 Å². The predicted octanol–water partition coefficient (Wildman–Crippen LogP) is 5.20. The SMILES string of the molecule is C[C@@H]1CN(C(=O)[C@@H]2CN(C(=O)OC(C)(C)C)C[C@H]2c2ccc(F)cc2F)C[C@H](C)[C@]1(O)c1ccc(F)c(F)c1. The van der Waals surface area contributed by atoms with Crippen LogP contribution in [0.25, 0.3) is 0 Å². The molecule has 2 amide bonds. The molecule has 2 saturated heterocycles. The number of rotatable bonds is 3. The summed E-state index contributed by atoms with van der Waals surface area (Å²) in [5, 5.41) is 11.6. The second-order valence-electron chi connectivity index (χ2n) is 11.8. The van der Waals surface area contributed by atoms with Gasteiger partial charge in [0.1, 0.15) is 17.2 Å². The minimum atomic E-state index is -1.52. The number of ether oxygens (including phenoxy) is 1. The molecule has 10 heteroatoms. The smallest absolute Gasteiger partial charge is 0.410 e. The van der Waals surface area contributed by atoms with Crippen molar-refractivity contribution < 1.29 is 37.0 Å². The summed E-state index contributed by atoms with van der Waals surface area (Å²) in [5.74, 6) is -6.70. The molecular formula is C29H34F4N2O4. The van der Waals surface area contributed by atoms with Gasteiger partial charge in [0, 0.05) is 50.0 Å². The topological polar surface area (TPSA) is 70.1 Å². The first kappa shape index (κ1) is 28.9. The third-order valence-corrected chi connectivity index (χ3v) is 7.84. The molecule has 2 aromatic rings. The first-order valence-corrected chi connectivity index (χ1v) is 13.0. The van der Waals surface area contributed by atoms with Crippen molar-refractivity contribution in [3.8, 4) is 0 Å². The quantitative estimate of drug-likeness (QED) is 0.534. The van der Waals surface area contributed by atoms with E-state index < -0.39 is 64.2 Å². The highest BCUT2D eigenvalue weighted by molar-refractivity contribution is 5.82. The molecule has 2 aromatic carbocycles.